The third-order valence-corrected chi connectivity index (χ3v) is 2.36. The van der Waals surface area contributed by atoms with Gasteiger partial charge in [-0.05, 0) is 29.0 Å². The minimum Gasteiger partial charge on any atom is -0.469 e. The third-order valence-electron chi connectivity index (χ3n) is 1.56. The van der Waals surface area contributed by atoms with Crippen LogP contribution in [0.2, 0.25) is 0 Å². The summed E-state index contributed by atoms with van der Waals surface area (Å²) in [4.78, 5) is 11.0. The number of halogens is 1. The second-order valence-corrected chi connectivity index (χ2v) is 3.56. The molecule has 0 N–H and O–H groups in total. The Morgan fingerprint density at radius 1 is 1.82 bits per heavy atom. The number of hydrogen-bond donors (Lipinski definition) is 0. The molecule has 0 bridgehead atoms. The summed E-state index contributed by atoms with van der Waals surface area (Å²) in [6.07, 6.45) is 6.61. The molecule has 11 heavy (non-hydrogen) atoms. The van der Waals surface area contributed by atoms with Crippen LogP contribution in [0.4, 0.5) is 0 Å². The van der Waals surface area contributed by atoms with Crippen molar-refractivity contribution < 1.29 is 9.53 Å². The minimum atomic E-state index is -0.151. The van der Waals surface area contributed by atoms with Crippen LogP contribution in [0.25, 0.3) is 0 Å². The van der Waals surface area contributed by atoms with Crippen LogP contribution in [0.15, 0.2) is 21.8 Å². The van der Waals surface area contributed by atoms with E-state index < -0.39 is 0 Å². The summed E-state index contributed by atoms with van der Waals surface area (Å²) in [5.41, 5.74) is 0. The van der Waals surface area contributed by atoms with Crippen LogP contribution in [0.1, 0.15) is 6.42 Å². The van der Waals surface area contributed by atoms with E-state index in [4.69, 9.17) is 0 Å². The molecule has 0 heterocycles. The Balaban J connectivity index is 2.55. The number of esters is 1. The fourth-order valence-corrected chi connectivity index (χ4v) is 1.38. The highest BCUT2D eigenvalue weighted by Crippen LogP contribution is 2.20. The van der Waals surface area contributed by atoms with Crippen LogP contribution in [-0.4, -0.2) is 13.1 Å². The molecule has 1 rings (SSSR count). The van der Waals surface area contributed by atoms with Gasteiger partial charge in [-0.25, -0.2) is 0 Å². The van der Waals surface area contributed by atoms with Crippen molar-refractivity contribution >= 4 is 28.6 Å². The summed E-state index contributed by atoms with van der Waals surface area (Å²) in [7, 11) is 1.42. The van der Waals surface area contributed by atoms with Crippen molar-refractivity contribution in [3.63, 3.8) is 0 Å². The average Bonchev–Trinajstić information content (AvgIpc) is 2.05. The summed E-state index contributed by atoms with van der Waals surface area (Å²) in [5, 5.41) is 0. The van der Waals surface area contributed by atoms with Gasteiger partial charge < -0.3 is 4.74 Å². The summed E-state index contributed by atoms with van der Waals surface area (Å²) in [6.45, 7) is 0. The molecule has 0 aromatic carbocycles. The van der Waals surface area contributed by atoms with Crippen molar-refractivity contribution in [1.82, 2.24) is 0 Å². The maximum atomic E-state index is 11.0. The fourth-order valence-electron chi connectivity index (χ4n) is 0.920. The van der Waals surface area contributed by atoms with E-state index in [2.05, 4.69) is 27.3 Å². The van der Waals surface area contributed by atoms with Gasteiger partial charge in [0, 0.05) is 3.58 Å². The van der Waals surface area contributed by atoms with Crippen LogP contribution in [0.5, 0.6) is 0 Å². The second kappa shape index (κ2) is 3.90. The molecule has 0 aromatic rings. The van der Waals surface area contributed by atoms with Gasteiger partial charge in [-0.3, -0.25) is 4.79 Å². The van der Waals surface area contributed by atoms with Crippen molar-refractivity contribution in [2.75, 3.05) is 7.11 Å². The lowest BCUT2D eigenvalue weighted by Gasteiger charge is -2.10. The highest BCUT2D eigenvalue weighted by atomic mass is 127. The molecule has 2 nitrogen and oxygen atoms in total. The van der Waals surface area contributed by atoms with E-state index in [1.54, 1.807) is 0 Å². The third kappa shape index (κ3) is 2.32. The molecule has 1 unspecified atom stereocenters. The molecule has 0 aliphatic heterocycles. The Bertz CT molecular complexity index is 218. The lowest BCUT2D eigenvalue weighted by molar-refractivity contribution is -0.143. The molecule has 1 aliphatic rings. The highest BCUT2D eigenvalue weighted by molar-refractivity contribution is 14.1. The van der Waals surface area contributed by atoms with Gasteiger partial charge in [0.25, 0.3) is 0 Å². The number of carbonyl (C=O) groups excluding carboxylic acids is 1. The molecule has 0 radical (unpaired) electrons. The summed E-state index contributed by atoms with van der Waals surface area (Å²) >= 11 is 2.22. The van der Waals surface area contributed by atoms with E-state index in [9.17, 15) is 4.79 Å². The van der Waals surface area contributed by atoms with Crippen molar-refractivity contribution in [3.8, 4) is 0 Å². The van der Waals surface area contributed by atoms with Gasteiger partial charge in [-0.2, -0.15) is 0 Å². The van der Waals surface area contributed by atoms with Crippen LogP contribution in [0, 0.1) is 5.92 Å². The van der Waals surface area contributed by atoms with Crippen LogP contribution in [-0.2, 0) is 9.53 Å². The monoisotopic (exact) mass is 264 g/mol. The van der Waals surface area contributed by atoms with Gasteiger partial charge in [-0.1, -0.05) is 18.2 Å². The van der Waals surface area contributed by atoms with E-state index in [1.165, 1.54) is 10.7 Å². The predicted octanol–water partition coefficient (Wildman–Crippen LogP) is 2.05. The first kappa shape index (κ1) is 8.77. The van der Waals surface area contributed by atoms with Gasteiger partial charge in [-0.15, -0.1) is 0 Å². The highest BCUT2D eigenvalue weighted by Gasteiger charge is 2.16. The maximum Gasteiger partial charge on any atom is 0.312 e. The molecule has 60 valence electrons. The number of allylic oxidation sites excluding steroid dienone is 3. The maximum absolute atomic E-state index is 11.0. The number of hydrogen-bond acceptors (Lipinski definition) is 2. The molecular formula is C8H9IO2. The lowest BCUT2D eigenvalue weighted by atomic mass is 10.0. The largest absolute Gasteiger partial charge is 0.469 e. The van der Waals surface area contributed by atoms with E-state index in [0.29, 0.717) is 0 Å². The Labute approximate surface area is 79.4 Å². The lowest BCUT2D eigenvalue weighted by Crippen LogP contribution is -2.14. The summed E-state index contributed by atoms with van der Waals surface area (Å²) in [5.74, 6) is -0.222. The molecule has 1 aliphatic carbocycles. The molecule has 0 fully saturated rings. The molecular weight excluding hydrogens is 255 g/mol. The zero-order valence-corrected chi connectivity index (χ0v) is 8.37. The van der Waals surface area contributed by atoms with E-state index >= 15 is 0 Å². The molecule has 0 saturated heterocycles. The first-order valence-electron chi connectivity index (χ1n) is 3.35. The Hall–Kier alpha value is -0.320. The normalized spacial score (nSPS) is 22.7. The van der Waals surface area contributed by atoms with Crippen molar-refractivity contribution in [1.29, 1.82) is 0 Å². The quantitative estimate of drug-likeness (QED) is 0.535. The van der Waals surface area contributed by atoms with Crippen LogP contribution >= 0.6 is 22.6 Å². The summed E-state index contributed by atoms with van der Waals surface area (Å²) < 4.78 is 5.79. The van der Waals surface area contributed by atoms with Gasteiger partial charge >= 0.3 is 5.97 Å². The fraction of sp³-hybridized carbons (Fsp3) is 0.375. The van der Waals surface area contributed by atoms with E-state index in [0.717, 1.165) is 6.42 Å². The molecule has 0 spiro atoms. The van der Waals surface area contributed by atoms with E-state index in [1.807, 2.05) is 18.2 Å². The SMILES string of the molecule is COC(=O)C1C=CC(I)=CC1. The van der Waals surface area contributed by atoms with E-state index in [-0.39, 0.29) is 11.9 Å². The standard InChI is InChI=1S/C8H9IO2/c1-11-8(10)6-2-4-7(9)5-3-6/h2,4-6H,3H2,1H3. The van der Waals surface area contributed by atoms with Gasteiger partial charge in [0.15, 0.2) is 0 Å². The smallest absolute Gasteiger partial charge is 0.312 e. The molecule has 1 atom stereocenters. The van der Waals surface area contributed by atoms with Crippen LogP contribution in [0.3, 0.4) is 0 Å². The molecule has 0 saturated carbocycles. The average molecular weight is 264 g/mol. The number of ether oxygens (including phenoxy) is 1. The Kier molecular flexibility index (Phi) is 3.11. The molecule has 0 aromatic heterocycles. The second-order valence-electron chi connectivity index (χ2n) is 2.31. The topological polar surface area (TPSA) is 26.3 Å². The first-order chi connectivity index (χ1) is 5.24. The van der Waals surface area contributed by atoms with Crippen LogP contribution < -0.4 is 0 Å². The van der Waals surface area contributed by atoms with Crippen molar-refractivity contribution in [2.45, 2.75) is 6.42 Å². The minimum absolute atomic E-state index is 0.0708. The number of methoxy groups -OCH3 is 1. The molecule has 3 heteroatoms. The van der Waals surface area contributed by atoms with Gasteiger partial charge in [0.2, 0.25) is 0 Å². The van der Waals surface area contributed by atoms with Crippen molar-refractivity contribution in [3.05, 3.63) is 21.8 Å². The number of carbonyl (C=O) groups is 1. The van der Waals surface area contributed by atoms with Gasteiger partial charge in [0.05, 0.1) is 13.0 Å². The zero-order valence-electron chi connectivity index (χ0n) is 6.21. The van der Waals surface area contributed by atoms with Crippen molar-refractivity contribution in [2.24, 2.45) is 5.92 Å². The van der Waals surface area contributed by atoms with Gasteiger partial charge in [0.1, 0.15) is 0 Å². The predicted molar refractivity (Wildman–Crippen MR) is 51.4 cm³/mol. The Morgan fingerprint density at radius 3 is 3.00 bits per heavy atom. The first-order valence-corrected chi connectivity index (χ1v) is 4.43. The Morgan fingerprint density at radius 2 is 2.55 bits per heavy atom. The molecule has 0 amide bonds. The summed E-state index contributed by atoms with van der Waals surface area (Å²) in [6, 6.07) is 0. The zero-order chi connectivity index (χ0) is 8.27. The number of rotatable bonds is 1.